The van der Waals surface area contributed by atoms with E-state index in [9.17, 15) is 19.2 Å². The minimum Gasteiger partial charge on any atom is -0.466 e. The number of cyclic esters (lactones) is 1. The zero-order valence-electron chi connectivity index (χ0n) is 19.9. The maximum atomic E-state index is 13.8. The molecule has 1 atom stereocenters. The van der Waals surface area contributed by atoms with E-state index < -0.39 is 35.7 Å². The van der Waals surface area contributed by atoms with E-state index in [4.69, 9.17) is 24.7 Å². The molecular weight excluding hydrogens is 456 g/mol. The fraction of sp³-hybridized carbons (Fsp3) is 0.360. The number of fused-ring (bicyclic) bond motifs is 2. The van der Waals surface area contributed by atoms with Gasteiger partial charge in [0.1, 0.15) is 29.1 Å². The van der Waals surface area contributed by atoms with Gasteiger partial charge in [0.05, 0.1) is 19.8 Å². The Morgan fingerprint density at radius 3 is 2.23 bits per heavy atom. The minimum atomic E-state index is -2.11. The van der Waals surface area contributed by atoms with E-state index in [1.165, 1.54) is 0 Å². The summed E-state index contributed by atoms with van der Waals surface area (Å²) >= 11 is 0. The van der Waals surface area contributed by atoms with Gasteiger partial charge in [-0.3, -0.25) is 4.79 Å². The second kappa shape index (κ2) is 10.5. The van der Waals surface area contributed by atoms with Gasteiger partial charge < -0.3 is 29.6 Å². The number of anilines is 1. The summed E-state index contributed by atoms with van der Waals surface area (Å²) in [5, 5.41) is 0. The molecule has 2 N–H and O–H groups in total. The highest BCUT2D eigenvalue weighted by atomic mass is 16.6. The number of esters is 4. The predicted molar refractivity (Wildman–Crippen MR) is 125 cm³/mol. The van der Waals surface area contributed by atoms with Crippen LogP contribution in [0.25, 0.3) is 0 Å². The van der Waals surface area contributed by atoms with E-state index in [0.717, 1.165) is 0 Å². The summed E-state index contributed by atoms with van der Waals surface area (Å²) in [6.07, 6.45) is 1.05. The smallest absolute Gasteiger partial charge is 0.339 e. The first-order chi connectivity index (χ1) is 16.8. The minimum absolute atomic E-state index is 0.0159. The molecule has 0 bridgehead atoms. The third-order valence-corrected chi connectivity index (χ3v) is 5.58. The number of para-hydroxylation sites is 1. The highest BCUT2D eigenvalue weighted by Gasteiger charge is 2.64. The molecule has 2 heterocycles. The van der Waals surface area contributed by atoms with Crippen molar-refractivity contribution in [3.63, 3.8) is 0 Å². The van der Waals surface area contributed by atoms with E-state index in [-0.39, 0.29) is 54.7 Å². The van der Waals surface area contributed by atoms with Crippen LogP contribution in [0.3, 0.4) is 0 Å². The van der Waals surface area contributed by atoms with Crippen LogP contribution in [0.2, 0.25) is 0 Å². The lowest BCUT2D eigenvalue weighted by Gasteiger charge is -2.40. The van der Waals surface area contributed by atoms with Gasteiger partial charge in [-0.2, -0.15) is 0 Å². The number of benzene rings is 1. The summed E-state index contributed by atoms with van der Waals surface area (Å²) in [7, 11) is 0. The van der Waals surface area contributed by atoms with Crippen LogP contribution in [-0.2, 0) is 43.5 Å². The lowest BCUT2D eigenvalue weighted by atomic mass is 9.66. The van der Waals surface area contributed by atoms with Gasteiger partial charge in [-0.05, 0) is 26.8 Å². The largest absolute Gasteiger partial charge is 0.466 e. The molecule has 10 nitrogen and oxygen atoms in total. The van der Waals surface area contributed by atoms with Gasteiger partial charge in [-0.25, -0.2) is 14.4 Å². The summed E-state index contributed by atoms with van der Waals surface area (Å²) in [6, 6.07) is 6.65. The van der Waals surface area contributed by atoms with Crippen LogP contribution in [0, 0.1) is 0 Å². The van der Waals surface area contributed by atoms with Crippen molar-refractivity contribution in [2.24, 2.45) is 5.73 Å². The van der Waals surface area contributed by atoms with Gasteiger partial charge in [-0.15, -0.1) is 6.58 Å². The normalized spacial score (nSPS) is 18.8. The molecule has 35 heavy (non-hydrogen) atoms. The number of ether oxygens (including phenoxy) is 4. The SMILES string of the molecule is C=CCN1C(N)=C(C(=O)OCC)C2(C(=O)OC(CC(=O)OCC)=C2C(=O)OCC)c2ccccc21. The highest BCUT2D eigenvalue weighted by Crippen LogP contribution is 2.54. The van der Waals surface area contributed by atoms with E-state index >= 15 is 0 Å². The molecule has 0 saturated carbocycles. The molecule has 0 aromatic heterocycles. The molecular formula is C25H28N2O8. The first kappa shape index (κ1) is 25.5. The average molecular weight is 485 g/mol. The second-order valence-electron chi connectivity index (χ2n) is 7.54. The summed E-state index contributed by atoms with van der Waals surface area (Å²) < 4.78 is 21.0. The molecule has 1 unspecified atom stereocenters. The monoisotopic (exact) mass is 484 g/mol. The van der Waals surface area contributed by atoms with Crippen LogP contribution in [0.15, 0.2) is 59.6 Å². The first-order valence-corrected chi connectivity index (χ1v) is 11.2. The number of hydrogen-bond acceptors (Lipinski definition) is 10. The van der Waals surface area contributed by atoms with Crippen LogP contribution in [0.5, 0.6) is 0 Å². The molecule has 1 spiro atoms. The third-order valence-electron chi connectivity index (χ3n) is 5.58. The van der Waals surface area contributed by atoms with E-state index in [1.807, 2.05) is 0 Å². The molecule has 0 amide bonds. The number of rotatable bonds is 9. The molecule has 2 aliphatic rings. The summed E-state index contributed by atoms with van der Waals surface area (Å²) in [5.74, 6) is -3.92. The van der Waals surface area contributed by atoms with E-state index in [1.54, 1.807) is 56.0 Å². The van der Waals surface area contributed by atoms with Gasteiger partial charge in [-0.1, -0.05) is 24.3 Å². The molecule has 3 rings (SSSR count). The Morgan fingerprint density at radius 1 is 1.03 bits per heavy atom. The number of carbonyl (C=O) groups excluding carboxylic acids is 4. The maximum Gasteiger partial charge on any atom is 0.339 e. The fourth-order valence-corrected chi connectivity index (χ4v) is 4.36. The lowest BCUT2D eigenvalue weighted by Crippen LogP contribution is -2.50. The van der Waals surface area contributed by atoms with Crippen molar-refractivity contribution < 1.29 is 38.1 Å². The zero-order valence-corrected chi connectivity index (χ0v) is 19.9. The average Bonchev–Trinajstić information content (AvgIpc) is 3.09. The third kappa shape index (κ3) is 4.16. The Hall–Kier alpha value is -4.08. The summed E-state index contributed by atoms with van der Waals surface area (Å²) in [6.45, 7) is 8.78. The van der Waals surface area contributed by atoms with Crippen molar-refractivity contribution in [1.82, 2.24) is 0 Å². The summed E-state index contributed by atoms with van der Waals surface area (Å²) in [5.41, 5.74) is 4.47. The van der Waals surface area contributed by atoms with Gasteiger partial charge in [0.15, 0.2) is 5.41 Å². The molecule has 0 aliphatic carbocycles. The quantitative estimate of drug-likeness (QED) is 0.315. The van der Waals surface area contributed by atoms with Crippen molar-refractivity contribution in [2.75, 3.05) is 31.3 Å². The Labute approximate surface area is 202 Å². The Kier molecular flexibility index (Phi) is 7.63. The summed E-state index contributed by atoms with van der Waals surface area (Å²) in [4.78, 5) is 54.4. The van der Waals surface area contributed by atoms with E-state index in [0.29, 0.717) is 5.69 Å². The Bertz CT molecular complexity index is 1140. The van der Waals surface area contributed by atoms with Crippen LogP contribution < -0.4 is 10.6 Å². The molecule has 186 valence electrons. The molecule has 1 aromatic carbocycles. The standard InChI is InChI=1S/C25H28N2O8/c1-5-13-27-16-12-10-9-11-15(16)25(20(21(27)26)23(30)34-8-4)19(22(29)33-7-3)17(35-24(25)31)14-18(28)32-6-2/h5,9-12H,1,6-8,13-14,26H2,2-4H3. The van der Waals surface area contributed by atoms with Crippen LogP contribution in [0.4, 0.5) is 5.69 Å². The van der Waals surface area contributed by atoms with Crippen molar-refractivity contribution in [1.29, 1.82) is 0 Å². The van der Waals surface area contributed by atoms with Crippen molar-refractivity contribution in [2.45, 2.75) is 32.6 Å². The lowest BCUT2D eigenvalue weighted by molar-refractivity contribution is -0.148. The zero-order chi connectivity index (χ0) is 25.8. The fourth-order valence-electron chi connectivity index (χ4n) is 4.36. The first-order valence-electron chi connectivity index (χ1n) is 11.2. The van der Waals surface area contributed by atoms with Crippen molar-refractivity contribution in [3.05, 3.63) is 65.2 Å². The molecule has 1 aromatic rings. The van der Waals surface area contributed by atoms with Crippen molar-refractivity contribution in [3.8, 4) is 0 Å². The molecule has 0 radical (unpaired) electrons. The van der Waals surface area contributed by atoms with Crippen molar-refractivity contribution >= 4 is 29.6 Å². The van der Waals surface area contributed by atoms with Gasteiger partial charge in [0, 0.05) is 17.8 Å². The Balaban J connectivity index is 2.44. The molecule has 10 heteroatoms. The van der Waals surface area contributed by atoms with Gasteiger partial charge in [0.25, 0.3) is 0 Å². The van der Waals surface area contributed by atoms with Gasteiger partial charge >= 0.3 is 23.9 Å². The molecule has 0 fully saturated rings. The highest BCUT2D eigenvalue weighted by molar-refractivity contribution is 6.16. The maximum absolute atomic E-state index is 13.8. The van der Waals surface area contributed by atoms with Crippen LogP contribution in [-0.4, -0.2) is 50.2 Å². The molecule has 0 saturated heterocycles. The number of nitrogens with zero attached hydrogens (tertiary/aromatic N) is 1. The second-order valence-corrected chi connectivity index (χ2v) is 7.54. The number of nitrogens with two attached hydrogens (primary N) is 1. The van der Waals surface area contributed by atoms with Crippen LogP contribution in [0.1, 0.15) is 32.8 Å². The molecule has 2 aliphatic heterocycles. The number of carbonyl (C=O) groups is 4. The van der Waals surface area contributed by atoms with Crippen LogP contribution >= 0.6 is 0 Å². The van der Waals surface area contributed by atoms with Gasteiger partial charge in [0.2, 0.25) is 0 Å². The predicted octanol–water partition coefficient (Wildman–Crippen LogP) is 1.99. The Morgan fingerprint density at radius 2 is 1.63 bits per heavy atom. The topological polar surface area (TPSA) is 134 Å². The number of hydrogen-bond donors (Lipinski definition) is 1. The van der Waals surface area contributed by atoms with E-state index in [2.05, 4.69) is 6.58 Å².